The molecule has 0 spiro atoms. The van der Waals surface area contributed by atoms with Crippen molar-refractivity contribution in [2.24, 2.45) is 0 Å². The molecule has 1 N–H and O–H groups in total. The van der Waals surface area contributed by atoms with Crippen molar-refractivity contribution in [2.75, 3.05) is 0 Å². The summed E-state index contributed by atoms with van der Waals surface area (Å²) in [6.45, 7) is 3.19. The van der Waals surface area contributed by atoms with Gasteiger partial charge in [-0.1, -0.05) is 19.4 Å². The molecule has 0 aromatic rings. The molecule has 0 saturated heterocycles. The summed E-state index contributed by atoms with van der Waals surface area (Å²) < 4.78 is 0. The Bertz CT molecular complexity index is 176. The summed E-state index contributed by atoms with van der Waals surface area (Å²) in [5.41, 5.74) is -0.105. The molecule has 0 radical (unpaired) electrons. The van der Waals surface area contributed by atoms with Crippen LogP contribution in [0, 0.1) is 0 Å². The van der Waals surface area contributed by atoms with Gasteiger partial charge in [0.15, 0.2) is 5.78 Å². The van der Waals surface area contributed by atoms with Gasteiger partial charge in [0, 0.05) is 0 Å². The fraction of sp³-hybridized carbons (Fsp3) is 0.500. The minimum absolute atomic E-state index is 0.105. The predicted molar refractivity (Wildman–Crippen MR) is 41.3 cm³/mol. The third-order valence-corrected chi connectivity index (χ3v) is 1.25. The fourth-order valence-electron chi connectivity index (χ4n) is 0.670. The van der Waals surface area contributed by atoms with Gasteiger partial charge in [0.2, 0.25) is 0 Å². The highest BCUT2D eigenvalue weighted by molar-refractivity contribution is 6.15. The molecule has 0 aliphatic rings. The van der Waals surface area contributed by atoms with Crippen LogP contribution in [-0.2, 0) is 9.59 Å². The highest BCUT2D eigenvalue weighted by atomic mass is 16.4. The van der Waals surface area contributed by atoms with Gasteiger partial charge in [0.25, 0.3) is 0 Å². The van der Waals surface area contributed by atoms with Crippen molar-refractivity contribution < 1.29 is 14.7 Å². The lowest BCUT2D eigenvalue weighted by Crippen LogP contribution is -2.08. The van der Waals surface area contributed by atoms with Crippen LogP contribution in [-0.4, -0.2) is 16.9 Å². The average molecular weight is 156 g/mol. The Balaban J connectivity index is 4.33. The van der Waals surface area contributed by atoms with Gasteiger partial charge < -0.3 is 5.11 Å². The maximum Gasteiger partial charge on any atom is 0.338 e. The Morgan fingerprint density at radius 2 is 2.00 bits per heavy atom. The van der Waals surface area contributed by atoms with E-state index in [4.69, 9.17) is 5.11 Å². The zero-order chi connectivity index (χ0) is 8.85. The average Bonchev–Trinajstić information content (AvgIpc) is 1.87. The first-order valence-corrected chi connectivity index (χ1v) is 3.54. The maximum atomic E-state index is 10.6. The number of carbonyl (C=O) groups excluding carboxylic acids is 1. The van der Waals surface area contributed by atoms with Crippen LogP contribution in [0.15, 0.2) is 11.6 Å². The Morgan fingerprint density at radius 3 is 2.27 bits per heavy atom. The summed E-state index contributed by atoms with van der Waals surface area (Å²) in [5.74, 6) is -1.52. The molecule has 0 amide bonds. The van der Waals surface area contributed by atoms with Crippen molar-refractivity contribution in [1.82, 2.24) is 0 Å². The molecule has 0 saturated carbocycles. The van der Waals surface area contributed by atoms with Gasteiger partial charge in [-0.3, -0.25) is 4.79 Å². The van der Waals surface area contributed by atoms with E-state index in [1.54, 1.807) is 0 Å². The number of hydrogen-bond acceptors (Lipinski definition) is 2. The number of carbonyl (C=O) groups is 2. The van der Waals surface area contributed by atoms with Gasteiger partial charge >= 0.3 is 5.97 Å². The van der Waals surface area contributed by atoms with E-state index < -0.39 is 5.97 Å². The second kappa shape index (κ2) is 4.66. The monoisotopic (exact) mass is 156 g/mol. The smallest absolute Gasteiger partial charge is 0.338 e. The van der Waals surface area contributed by atoms with E-state index in [1.807, 2.05) is 6.92 Å². The second-order valence-corrected chi connectivity index (χ2v) is 2.27. The molecule has 0 rings (SSSR count). The number of ketones is 1. The van der Waals surface area contributed by atoms with Crippen LogP contribution in [0.4, 0.5) is 0 Å². The standard InChI is InChI=1S/C8H12O3/c1-3-4-5-7(6(2)9)8(10)11/h5H,3-4H2,1-2H3,(H,10,11). The van der Waals surface area contributed by atoms with Crippen molar-refractivity contribution in [1.29, 1.82) is 0 Å². The normalized spacial score (nSPS) is 11.3. The zero-order valence-electron chi connectivity index (χ0n) is 6.76. The Hall–Kier alpha value is -1.12. The largest absolute Gasteiger partial charge is 0.478 e. The topological polar surface area (TPSA) is 54.4 Å². The van der Waals surface area contributed by atoms with Crippen LogP contribution in [0.5, 0.6) is 0 Å². The van der Waals surface area contributed by atoms with Gasteiger partial charge in [-0.25, -0.2) is 4.79 Å². The van der Waals surface area contributed by atoms with Crippen LogP contribution in [0.1, 0.15) is 26.7 Å². The number of Topliss-reactive ketones (excluding diaryl/α,β-unsaturated/α-hetero) is 1. The number of unbranched alkanes of at least 4 members (excludes halogenated alkanes) is 1. The van der Waals surface area contributed by atoms with E-state index >= 15 is 0 Å². The third-order valence-electron chi connectivity index (χ3n) is 1.25. The van der Waals surface area contributed by atoms with E-state index in [0.717, 1.165) is 6.42 Å². The molecule has 62 valence electrons. The summed E-state index contributed by atoms with van der Waals surface area (Å²) in [4.78, 5) is 21.0. The molecule has 3 heteroatoms. The Labute approximate surface area is 65.7 Å². The third kappa shape index (κ3) is 3.55. The van der Waals surface area contributed by atoms with Gasteiger partial charge in [-0.05, 0) is 13.3 Å². The Morgan fingerprint density at radius 1 is 1.45 bits per heavy atom. The van der Waals surface area contributed by atoms with Crippen molar-refractivity contribution in [3.8, 4) is 0 Å². The first-order valence-electron chi connectivity index (χ1n) is 3.54. The number of carboxylic acid groups (broad SMARTS) is 1. The van der Waals surface area contributed by atoms with Gasteiger partial charge in [0.1, 0.15) is 0 Å². The molecule has 0 bridgehead atoms. The molecule has 0 aliphatic carbocycles. The first-order chi connectivity index (χ1) is 5.09. The molecule has 0 unspecified atom stereocenters. The van der Waals surface area contributed by atoms with Gasteiger partial charge in [0.05, 0.1) is 5.57 Å². The predicted octanol–water partition coefficient (Wildman–Crippen LogP) is 1.39. The molecule has 0 aromatic heterocycles. The van der Waals surface area contributed by atoms with Gasteiger partial charge in [-0.2, -0.15) is 0 Å². The van der Waals surface area contributed by atoms with Crippen molar-refractivity contribution >= 4 is 11.8 Å². The highest BCUT2D eigenvalue weighted by Crippen LogP contribution is 2.00. The molecule has 0 atom stereocenters. The number of hydrogen-bond donors (Lipinski definition) is 1. The van der Waals surface area contributed by atoms with Crippen molar-refractivity contribution in [3.05, 3.63) is 11.6 Å². The first kappa shape index (κ1) is 9.88. The number of aliphatic carboxylic acids is 1. The fourth-order valence-corrected chi connectivity index (χ4v) is 0.670. The minimum atomic E-state index is -1.13. The van der Waals surface area contributed by atoms with Crippen molar-refractivity contribution in [2.45, 2.75) is 26.7 Å². The molecular formula is C8H12O3. The number of rotatable bonds is 4. The summed E-state index contributed by atoms with van der Waals surface area (Å²) in [7, 11) is 0. The van der Waals surface area contributed by atoms with Crippen LogP contribution in [0.25, 0.3) is 0 Å². The number of allylic oxidation sites excluding steroid dienone is 1. The molecule has 0 aliphatic heterocycles. The molecule has 0 heterocycles. The summed E-state index contributed by atoms with van der Waals surface area (Å²) >= 11 is 0. The molecular weight excluding hydrogens is 144 g/mol. The minimum Gasteiger partial charge on any atom is -0.478 e. The summed E-state index contributed by atoms with van der Waals surface area (Å²) in [6.07, 6.45) is 2.95. The van der Waals surface area contributed by atoms with Crippen LogP contribution in [0.3, 0.4) is 0 Å². The molecule has 3 nitrogen and oxygen atoms in total. The summed E-state index contributed by atoms with van der Waals surface area (Å²) in [5, 5.41) is 8.48. The highest BCUT2D eigenvalue weighted by Gasteiger charge is 2.10. The zero-order valence-corrected chi connectivity index (χ0v) is 6.76. The van der Waals surface area contributed by atoms with E-state index in [9.17, 15) is 9.59 Å². The molecule has 0 aromatic carbocycles. The quantitative estimate of drug-likeness (QED) is 0.380. The number of carboxylic acids is 1. The van der Waals surface area contributed by atoms with Gasteiger partial charge in [-0.15, -0.1) is 0 Å². The van der Waals surface area contributed by atoms with Crippen LogP contribution < -0.4 is 0 Å². The molecule has 0 fully saturated rings. The summed E-state index contributed by atoms with van der Waals surface area (Å²) in [6, 6.07) is 0. The van der Waals surface area contributed by atoms with E-state index in [0.29, 0.717) is 6.42 Å². The van der Waals surface area contributed by atoms with Crippen molar-refractivity contribution in [3.63, 3.8) is 0 Å². The van der Waals surface area contributed by atoms with Crippen LogP contribution >= 0.6 is 0 Å². The lowest BCUT2D eigenvalue weighted by molar-refractivity contribution is -0.134. The maximum absolute atomic E-state index is 10.6. The second-order valence-electron chi connectivity index (χ2n) is 2.27. The SMILES string of the molecule is CCCC=C(C(C)=O)C(=O)O. The lowest BCUT2D eigenvalue weighted by atomic mass is 10.1. The van der Waals surface area contributed by atoms with E-state index in [1.165, 1.54) is 13.0 Å². The van der Waals surface area contributed by atoms with E-state index in [2.05, 4.69) is 0 Å². The van der Waals surface area contributed by atoms with Crippen LogP contribution in [0.2, 0.25) is 0 Å². The molecule has 11 heavy (non-hydrogen) atoms. The van der Waals surface area contributed by atoms with E-state index in [-0.39, 0.29) is 11.4 Å². The Kier molecular flexibility index (Phi) is 4.18. The lowest BCUT2D eigenvalue weighted by Gasteiger charge is -1.94.